The summed E-state index contributed by atoms with van der Waals surface area (Å²) in [6.45, 7) is 5.17. The highest BCUT2D eigenvalue weighted by molar-refractivity contribution is 14.1. The van der Waals surface area contributed by atoms with E-state index in [2.05, 4.69) is 48.1 Å². The molecule has 1 fully saturated rings. The molecule has 7 heteroatoms. The molecule has 2 N–H and O–H groups in total. The predicted octanol–water partition coefficient (Wildman–Crippen LogP) is 2.83. The van der Waals surface area contributed by atoms with Crippen LogP contribution in [0.5, 0.6) is 0 Å². The Morgan fingerprint density at radius 2 is 2.00 bits per heavy atom. The maximum Gasteiger partial charge on any atom is 0.251 e. The Hall–Kier alpha value is -1.90. The fourth-order valence-corrected chi connectivity index (χ4v) is 3.39. The molecule has 1 saturated heterocycles. The molecule has 1 amide bonds. The molecule has 6 nitrogen and oxygen atoms in total. The molecule has 1 aliphatic heterocycles. The van der Waals surface area contributed by atoms with E-state index in [1.165, 1.54) is 12.8 Å². The Kier molecular flexibility index (Phi) is 6.06. The topological polar surface area (TPSA) is 70.2 Å². The second-order valence-electron chi connectivity index (χ2n) is 6.05. The van der Waals surface area contributed by atoms with Gasteiger partial charge in [-0.15, -0.1) is 0 Å². The number of rotatable bonds is 6. The van der Waals surface area contributed by atoms with Gasteiger partial charge >= 0.3 is 0 Å². The predicted molar refractivity (Wildman–Crippen MR) is 108 cm³/mol. The van der Waals surface area contributed by atoms with Crippen LogP contribution in [0.4, 0.5) is 11.6 Å². The largest absolute Gasteiger partial charge is 0.368 e. The third kappa shape index (κ3) is 5.04. The molecule has 25 heavy (non-hydrogen) atoms. The van der Waals surface area contributed by atoms with E-state index in [1.807, 2.05) is 37.3 Å². The Labute approximate surface area is 161 Å². The van der Waals surface area contributed by atoms with Crippen molar-refractivity contribution < 1.29 is 4.79 Å². The monoisotopic (exact) mass is 451 g/mol. The van der Waals surface area contributed by atoms with Gasteiger partial charge in [0.2, 0.25) is 0 Å². The quantitative estimate of drug-likeness (QED) is 0.522. The van der Waals surface area contributed by atoms with Crippen molar-refractivity contribution >= 4 is 40.1 Å². The van der Waals surface area contributed by atoms with Crippen molar-refractivity contribution in [2.45, 2.75) is 19.8 Å². The maximum atomic E-state index is 12.1. The van der Waals surface area contributed by atoms with E-state index in [-0.39, 0.29) is 5.91 Å². The Morgan fingerprint density at radius 1 is 1.20 bits per heavy atom. The highest BCUT2D eigenvalue weighted by Crippen LogP contribution is 2.20. The van der Waals surface area contributed by atoms with Crippen molar-refractivity contribution in [1.29, 1.82) is 0 Å². The first kappa shape index (κ1) is 17.9. The van der Waals surface area contributed by atoms with E-state index in [0.717, 1.165) is 34.1 Å². The first-order chi connectivity index (χ1) is 12.1. The SMILES string of the molecule is Cc1nc(NCCNC(=O)c2cccc(I)c2)cc(N2CCCC2)n1. The highest BCUT2D eigenvalue weighted by Gasteiger charge is 2.15. The zero-order valence-corrected chi connectivity index (χ0v) is 16.4. The molecule has 0 aliphatic carbocycles. The van der Waals surface area contributed by atoms with E-state index in [9.17, 15) is 4.79 Å². The molecular weight excluding hydrogens is 429 g/mol. The highest BCUT2D eigenvalue weighted by atomic mass is 127. The summed E-state index contributed by atoms with van der Waals surface area (Å²) >= 11 is 2.20. The number of nitrogens with zero attached hydrogens (tertiary/aromatic N) is 3. The van der Waals surface area contributed by atoms with Gasteiger partial charge in [0.25, 0.3) is 5.91 Å². The summed E-state index contributed by atoms with van der Waals surface area (Å²) in [4.78, 5) is 23.4. The molecule has 2 aromatic rings. The van der Waals surface area contributed by atoms with Crippen LogP contribution in [-0.4, -0.2) is 42.1 Å². The van der Waals surface area contributed by atoms with Crippen LogP contribution in [0.1, 0.15) is 29.0 Å². The number of halogens is 1. The minimum absolute atomic E-state index is 0.0584. The van der Waals surface area contributed by atoms with Crippen molar-refractivity contribution in [2.24, 2.45) is 0 Å². The van der Waals surface area contributed by atoms with Gasteiger partial charge in [-0.05, 0) is 60.6 Å². The Morgan fingerprint density at radius 3 is 2.76 bits per heavy atom. The molecule has 1 aromatic carbocycles. The Balaban J connectivity index is 1.51. The number of amides is 1. The number of nitrogens with one attached hydrogen (secondary N) is 2. The van der Waals surface area contributed by atoms with Gasteiger partial charge in [-0.2, -0.15) is 0 Å². The maximum absolute atomic E-state index is 12.1. The second-order valence-corrected chi connectivity index (χ2v) is 7.29. The molecule has 3 rings (SSSR count). The number of hydrogen-bond donors (Lipinski definition) is 2. The lowest BCUT2D eigenvalue weighted by molar-refractivity contribution is 0.0955. The number of anilines is 2. The van der Waals surface area contributed by atoms with Crippen LogP contribution < -0.4 is 15.5 Å². The normalized spacial score (nSPS) is 13.8. The summed E-state index contributed by atoms with van der Waals surface area (Å²) < 4.78 is 1.05. The van der Waals surface area contributed by atoms with Crippen LogP contribution in [0.15, 0.2) is 30.3 Å². The van der Waals surface area contributed by atoms with Crippen molar-refractivity contribution in [2.75, 3.05) is 36.4 Å². The van der Waals surface area contributed by atoms with E-state index >= 15 is 0 Å². The summed E-state index contributed by atoms with van der Waals surface area (Å²) in [5.74, 6) is 2.49. The third-order valence-electron chi connectivity index (χ3n) is 4.06. The molecule has 0 radical (unpaired) electrons. The average molecular weight is 451 g/mol. The molecule has 2 heterocycles. The number of carbonyl (C=O) groups is 1. The van der Waals surface area contributed by atoms with Crippen LogP contribution in [-0.2, 0) is 0 Å². The van der Waals surface area contributed by atoms with Crippen LogP contribution in [0, 0.1) is 10.5 Å². The summed E-state index contributed by atoms with van der Waals surface area (Å²) in [6, 6.07) is 9.53. The van der Waals surface area contributed by atoms with Crippen molar-refractivity contribution in [3.05, 3.63) is 45.3 Å². The van der Waals surface area contributed by atoms with Crippen LogP contribution in [0.25, 0.3) is 0 Å². The fraction of sp³-hybridized carbons (Fsp3) is 0.389. The first-order valence-corrected chi connectivity index (χ1v) is 9.58. The van der Waals surface area contributed by atoms with E-state index in [0.29, 0.717) is 18.7 Å². The lowest BCUT2D eigenvalue weighted by Crippen LogP contribution is -2.29. The summed E-state index contributed by atoms with van der Waals surface area (Å²) in [6.07, 6.45) is 2.44. The molecule has 1 aromatic heterocycles. The fourth-order valence-electron chi connectivity index (χ4n) is 2.85. The molecule has 1 aliphatic rings. The molecule has 132 valence electrons. The Bertz CT molecular complexity index is 746. The standard InChI is InChI=1S/C18H22IN5O/c1-13-22-16(12-17(23-13)24-9-2-3-10-24)20-7-8-21-18(25)14-5-4-6-15(19)11-14/h4-6,11-12H,2-3,7-10H2,1H3,(H,21,25)(H,20,22,23). The summed E-state index contributed by atoms with van der Waals surface area (Å²) in [5.41, 5.74) is 0.682. The molecule has 0 bridgehead atoms. The molecular formula is C18H22IN5O. The number of aryl methyl sites for hydroxylation is 1. The first-order valence-electron chi connectivity index (χ1n) is 8.50. The van der Waals surface area contributed by atoms with Crippen LogP contribution in [0.2, 0.25) is 0 Å². The van der Waals surface area contributed by atoms with Gasteiger partial charge in [-0.3, -0.25) is 4.79 Å². The van der Waals surface area contributed by atoms with Gasteiger partial charge in [-0.1, -0.05) is 6.07 Å². The van der Waals surface area contributed by atoms with Gasteiger partial charge in [0.05, 0.1) is 0 Å². The average Bonchev–Trinajstić information content (AvgIpc) is 3.13. The van der Waals surface area contributed by atoms with Gasteiger partial charge in [-0.25, -0.2) is 9.97 Å². The molecule has 0 atom stereocenters. The van der Waals surface area contributed by atoms with E-state index in [4.69, 9.17) is 0 Å². The van der Waals surface area contributed by atoms with Crippen molar-refractivity contribution in [1.82, 2.24) is 15.3 Å². The lowest BCUT2D eigenvalue weighted by Gasteiger charge is -2.17. The van der Waals surface area contributed by atoms with Crippen LogP contribution >= 0.6 is 22.6 Å². The molecule has 0 spiro atoms. The zero-order valence-electron chi connectivity index (χ0n) is 14.3. The number of aromatic nitrogens is 2. The zero-order chi connectivity index (χ0) is 17.6. The van der Waals surface area contributed by atoms with Gasteiger partial charge in [0.1, 0.15) is 17.5 Å². The van der Waals surface area contributed by atoms with Crippen LogP contribution in [0.3, 0.4) is 0 Å². The third-order valence-corrected chi connectivity index (χ3v) is 4.73. The lowest BCUT2D eigenvalue weighted by atomic mass is 10.2. The molecule has 0 saturated carbocycles. The summed E-state index contributed by atoms with van der Waals surface area (Å²) in [7, 11) is 0. The van der Waals surface area contributed by atoms with E-state index < -0.39 is 0 Å². The summed E-state index contributed by atoms with van der Waals surface area (Å²) in [5, 5.41) is 6.20. The number of hydrogen-bond acceptors (Lipinski definition) is 5. The second kappa shape index (κ2) is 8.46. The molecule has 0 unspecified atom stereocenters. The van der Waals surface area contributed by atoms with E-state index in [1.54, 1.807) is 0 Å². The minimum Gasteiger partial charge on any atom is -0.368 e. The number of benzene rings is 1. The van der Waals surface area contributed by atoms with Gasteiger partial charge in [0, 0.05) is 41.4 Å². The van der Waals surface area contributed by atoms with Crippen molar-refractivity contribution in [3.63, 3.8) is 0 Å². The van der Waals surface area contributed by atoms with Gasteiger partial charge < -0.3 is 15.5 Å². The number of carbonyl (C=O) groups excluding carboxylic acids is 1. The minimum atomic E-state index is -0.0584. The smallest absolute Gasteiger partial charge is 0.251 e. The van der Waals surface area contributed by atoms with Gasteiger partial charge in [0.15, 0.2) is 0 Å². The van der Waals surface area contributed by atoms with Crippen molar-refractivity contribution in [3.8, 4) is 0 Å².